The van der Waals surface area contributed by atoms with Gasteiger partial charge in [0.05, 0.1) is 19.8 Å². The summed E-state index contributed by atoms with van der Waals surface area (Å²) in [6.07, 6.45) is 3.17. The van der Waals surface area contributed by atoms with Gasteiger partial charge < -0.3 is 15.2 Å². The lowest BCUT2D eigenvalue weighted by Crippen LogP contribution is -2.40. The van der Waals surface area contributed by atoms with E-state index in [2.05, 4.69) is 5.32 Å². The molecule has 0 bridgehead atoms. The van der Waals surface area contributed by atoms with Crippen LogP contribution < -0.4 is 10.1 Å². The molecule has 0 radical (unpaired) electrons. The van der Waals surface area contributed by atoms with Gasteiger partial charge in [-0.05, 0) is 29.7 Å². The van der Waals surface area contributed by atoms with Gasteiger partial charge in [-0.1, -0.05) is 26.0 Å². The van der Waals surface area contributed by atoms with E-state index in [4.69, 9.17) is 9.84 Å². The highest BCUT2D eigenvalue weighted by atomic mass is 16.5. The van der Waals surface area contributed by atoms with Gasteiger partial charge >= 0.3 is 0 Å². The third kappa shape index (κ3) is 5.14. The molecule has 1 aromatic rings. The van der Waals surface area contributed by atoms with Crippen LogP contribution in [0.1, 0.15) is 19.4 Å². The molecule has 1 atom stereocenters. The Balaban J connectivity index is 2.62. The van der Waals surface area contributed by atoms with Crippen LogP contribution >= 0.6 is 0 Å². The number of carbonyl (C=O) groups excluding carboxylic acids is 1. The summed E-state index contributed by atoms with van der Waals surface area (Å²) in [5, 5.41) is 11.9. The zero-order valence-corrected chi connectivity index (χ0v) is 11.6. The fraction of sp³-hybridized carbons (Fsp3) is 0.400. The lowest BCUT2D eigenvalue weighted by molar-refractivity contribution is -0.117. The van der Waals surface area contributed by atoms with Gasteiger partial charge in [-0.15, -0.1) is 0 Å². The molecule has 19 heavy (non-hydrogen) atoms. The zero-order chi connectivity index (χ0) is 14.3. The summed E-state index contributed by atoms with van der Waals surface area (Å²) in [4.78, 5) is 11.7. The van der Waals surface area contributed by atoms with Gasteiger partial charge in [-0.25, -0.2) is 0 Å². The van der Waals surface area contributed by atoms with Gasteiger partial charge in [0, 0.05) is 6.08 Å². The summed E-state index contributed by atoms with van der Waals surface area (Å²) in [5.41, 5.74) is 0.889. The average molecular weight is 263 g/mol. The van der Waals surface area contributed by atoms with Gasteiger partial charge in [0.25, 0.3) is 0 Å². The number of amides is 1. The van der Waals surface area contributed by atoms with Gasteiger partial charge in [-0.3, -0.25) is 4.79 Å². The van der Waals surface area contributed by atoms with Crippen molar-refractivity contribution in [2.45, 2.75) is 19.9 Å². The molecule has 0 aliphatic carbocycles. The molecule has 4 heteroatoms. The van der Waals surface area contributed by atoms with E-state index in [-0.39, 0.29) is 24.5 Å². The number of methoxy groups -OCH3 is 1. The van der Waals surface area contributed by atoms with E-state index in [1.54, 1.807) is 13.2 Å². The van der Waals surface area contributed by atoms with Crippen LogP contribution in [-0.2, 0) is 4.79 Å². The second-order valence-corrected chi connectivity index (χ2v) is 4.65. The number of carbonyl (C=O) groups is 1. The number of ether oxygens (including phenoxy) is 1. The Morgan fingerprint density at radius 2 is 2.21 bits per heavy atom. The average Bonchev–Trinajstić information content (AvgIpc) is 2.42. The maximum absolute atomic E-state index is 11.7. The molecule has 0 saturated carbocycles. The van der Waals surface area contributed by atoms with Crippen molar-refractivity contribution in [3.8, 4) is 5.75 Å². The van der Waals surface area contributed by atoms with Crippen LogP contribution in [-0.4, -0.2) is 30.8 Å². The van der Waals surface area contributed by atoms with E-state index in [1.807, 2.05) is 38.1 Å². The summed E-state index contributed by atoms with van der Waals surface area (Å²) in [6.45, 7) is 3.84. The van der Waals surface area contributed by atoms with Crippen molar-refractivity contribution < 1.29 is 14.6 Å². The second-order valence-electron chi connectivity index (χ2n) is 4.65. The first-order chi connectivity index (χ1) is 9.06. The Labute approximate surface area is 114 Å². The summed E-state index contributed by atoms with van der Waals surface area (Å²) in [5.74, 6) is 0.729. The molecule has 0 heterocycles. The molecule has 0 aliphatic rings. The number of aliphatic hydroxyl groups is 1. The predicted molar refractivity (Wildman–Crippen MR) is 75.9 cm³/mol. The van der Waals surface area contributed by atoms with Crippen molar-refractivity contribution in [3.05, 3.63) is 35.9 Å². The topological polar surface area (TPSA) is 58.6 Å². The lowest BCUT2D eigenvalue weighted by atomic mass is 10.1. The van der Waals surface area contributed by atoms with Crippen LogP contribution in [0, 0.1) is 5.92 Å². The number of hydrogen-bond donors (Lipinski definition) is 2. The van der Waals surface area contributed by atoms with E-state index < -0.39 is 0 Å². The molecule has 0 aromatic heterocycles. The molecule has 104 valence electrons. The van der Waals surface area contributed by atoms with Crippen molar-refractivity contribution >= 4 is 12.0 Å². The SMILES string of the molecule is COc1cccc(C=CC(=O)NC(CO)C(C)C)c1. The van der Waals surface area contributed by atoms with Crippen LogP contribution in [0.2, 0.25) is 0 Å². The van der Waals surface area contributed by atoms with Crippen molar-refractivity contribution in [2.24, 2.45) is 5.92 Å². The lowest BCUT2D eigenvalue weighted by Gasteiger charge is -2.18. The molecule has 0 fully saturated rings. The number of aliphatic hydroxyl groups excluding tert-OH is 1. The predicted octanol–water partition coefficient (Wildman–Crippen LogP) is 1.84. The van der Waals surface area contributed by atoms with Crippen molar-refractivity contribution in [2.75, 3.05) is 13.7 Å². The minimum Gasteiger partial charge on any atom is -0.497 e. The van der Waals surface area contributed by atoms with Crippen molar-refractivity contribution in [1.82, 2.24) is 5.32 Å². The number of hydrogen-bond acceptors (Lipinski definition) is 3. The Morgan fingerprint density at radius 3 is 2.79 bits per heavy atom. The molecule has 0 aliphatic heterocycles. The van der Waals surface area contributed by atoms with Gasteiger partial charge in [0.15, 0.2) is 0 Å². The Hall–Kier alpha value is -1.81. The summed E-state index contributed by atoms with van der Waals surface area (Å²) in [6, 6.07) is 7.22. The fourth-order valence-electron chi connectivity index (χ4n) is 1.57. The van der Waals surface area contributed by atoms with Crippen LogP contribution in [0.3, 0.4) is 0 Å². The molecule has 1 unspecified atom stereocenters. The summed E-state index contributed by atoms with van der Waals surface area (Å²) in [7, 11) is 1.60. The Kier molecular flexibility index (Phi) is 6.09. The monoisotopic (exact) mass is 263 g/mol. The minimum absolute atomic E-state index is 0.0591. The van der Waals surface area contributed by atoms with Gasteiger partial charge in [-0.2, -0.15) is 0 Å². The minimum atomic E-state index is -0.220. The number of rotatable bonds is 6. The molecule has 4 nitrogen and oxygen atoms in total. The molecular formula is C15H21NO3. The van der Waals surface area contributed by atoms with Crippen LogP contribution in [0.4, 0.5) is 0 Å². The van der Waals surface area contributed by atoms with Crippen LogP contribution in [0.25, 0.3) is 6.08 Å². The Morgan fingerprint density at radius 1 is 1.47 bits per heavy atom. The molecule has 0 saturated heterocycles. The maximum Gasteiger partial charge on any atom is 0.244 e. The third-order valence-corrected chi connectivity index (χ3v) is 2.85. The summed E-state index contributed by atoms with van der Waals surface area (Å²) < 4.78 is 5.11. The van der Waals surface area contributed by atoms with Crippen molar-refractivity contribution in [3.63, 3.8) is 0 Å². The normalized spacial score (nSPS) is 12.7. The quantitative estimate of drug-likeness (QED) is 0.770. The molecule has 1 amide bonds. The van der Waals surface area contributed by atoms with Gasteiger partial charge in [0.2, 0.25) is 5.91 Å². The zero-order valence-electron chi connectivity index (χ0n) is 11.6. The standard InChI is InChI=1S/C15H21NO3/c1-11(2)14(10-17)16-15(18)8-7-12-5-4-6-13(9-12)19-3/h4-9,11,14,17H,10H2,1-3H3,(H,16,18). The highest BCUT2D eigenvalue weighted by molar-refractivity contribution is 5.91. The van der Waals surface area contributed by atoms with E-state index in [1.165, 1.54) is 6.08 Å². The first-order valence-electron chi connectivity index (χ1n) is 6.30. The van der Waals surface area contributed by atoms with Gasteiger partial charge in [0.1, 0.15) is 5.75 Å². The molecule has 1 aromatic carbocycles. The van der Waals surface area contributed by atoms with E-state index >= 15 is 0 Å². The first-order valence-corrected chi connectivity index (χ1v) is 6.30. The summed E-state index contributed by atoms with van der Waals surface area (Å²) >= 11 is 0. The third-order valence-electron chi connectivity index (χ3n) is 2.85. The number of benzene rings is 1. The largest absolute Gasteiger partial charge is 0.497 e. The Bertz CT molecular complexity index is 441. The number of nitrogens with one attached hydrogen (secondary N) is 1. The van der Waals surface area contributed by atoms with E-state index in [0.717, 1.165) is 11.3 Å². The highest BCUT2D eigenvalue weighted by Crippen LogP contribution is 2.13. The van der Waals surface area contributed by atoms with E-state index in [9.17, 15) is 4.79 Å². The van der Waals surface area contributed by atoms with Crippen LogP contribution in [0.15, 0.2) is 30.3 Å². The fourth-order valence-corrected chi connectivity index (χ4v) is 1.57. The van der Waals surface area contributed by atoms with E-state index in [0.29, 0.717) is 0 Å². The smallest absolute Gasteiger partial charge is 0.244 e. The molecular weight excluding hydrogens is 242 g/mol. The highest BCUT2D eigenvalue weighted by Gasteiger charge is 2.13. The van der Waals surface area contributed by atoms with Crippen LogP contribution in [0.5, 0.6) is 5.75 Å². The molecule has 2 N–H and O–H groups in total. The second kappa shape index (κ2) is 7.59. The first kappa shape index (κ1) is 15.2. The van der Waals surface area contributed by atoms with Crippen molar-refractivity contribution in [1.29, 1.82) is 0 Å². The maximum atomic E-state index is 11.7. The molecule has 0 spiro atoms. The molecule has 1 rings (SSSR count).